The third-order valence-electron chi connectivity index (χ3n) is 3.63. The number of nitrogens with one attached hydrogen (secondary N) is 1. The number of piperidine rings is 1. The zero-order valence-electron chi connectivity index (χ0n) is 11.5. The molecule has 2 rings (SSSR count). The van der Waals surface area contributed by atoms with Crippen molar-refractivity contribution in [2.24, 2.45) is 0 Å². The van der Waals surface area contributed by atoms with Gasteiger partial charge in [0.15, 0.2) is 5.78 Å². The summed E-state index contributed by atoms with van der Waals surface area (Å²) in [5, 5.41) is 2.92. The van der Waals surface area contributed by atoms with Gasteiger partial charge in [-0.3, -0.25) is 14.5 Å². The fourth-order valence-corrected chi connectivity index (χ4v) is 2.42. The first-order chi connectivity index (χ1) is 9.08. The molecule has 1 unspecified atom stereocenters. The molecule has 0 spiro atoms. The standard InChI is InChI=1S/C15H20N2O2/c1-11(18)12-6-8-13(9-7-12)16-15(19)14-5-3-4-10-17(14)2/h6-9,14H,3-5,10H2,1-2H3,(H,16,19). The fraction of sp³-hybridized carbons (Fsp3) is 0.467. The molecule has 1 atom stereocenters. The summed E-state index contributed by atoms with van der Waals surface area (Å²) in [6.07, 6.45) is 3.17. The van der Waals surface area contributed by atoms with E-state index in [1.807, 2.05) is 7.05 Å². The summed E-state index contributed by atoms with van der Waals surface area (Å²) in [5.74, 6) is 0.0719. The lowest BCUT2D eigenvalue weighted by Gasteiger charge is -2.31. The van der Waals surface area contributed by atoms with Crippen LogP contribution in [0, 0.1) is 0 Å². The van der Waals surface area contributed by atoms with Crippen molar-refractivity contribution in [2.75, 3.05) is 18.9 Å². The molecule has 4 heteroatoms. The highest BCUT2D eigenvalue weighted by molar-refractivity contribution is 5.97. The summed E-state index contributed by atoms with van der Waals surface area (Å²) in [6.45, 7) is 2.51. The Kier molecular flexibility index (Phi) is 4.32. The number of Topliss-reactive ketones (excluding diaryl/α,β-unsaturated/α-hetero) is 1. The van der Waals surface area contributed by atoms with E-state index >= 15 is 0 Å². The lowest BCUT2D eigenvalue weighted by atomic mass is 10.0. The number of anilines is 1. The molecular formula is C15H20N2O2. The number of ketones is 1. The minimum absolute atomic E-state index is 0.0323. The van der Waals surface area contributed by atoms with Crippen molar-refractivity contribution in [3.8, 4) is 0 Å². The summed E-state index contributed by atoms with van der Waals surface area (Å²) < 4.78 is 0. The van der Waals surface area contributed by atoms with Gasteiger partial charge in [-0.25, -0.2) is 0 Å². The van der Waals surface area contributed by atoms with Crippen molar-refractivity contribution < 1.29 is 9.59 Å². The van der Waals surface area contributed by atoms with Crippen molar-refractivity contribution in [1.29, 1.82) is 0 Å². The highest BCUT2D eigenvalue weighted by atomic mass is 16.2. The Labute approximate surface area is 113 Å². The first kappa shape index (κ1) is 13.7. The summed E-state index contributed by atoms with van der Waals surface area (Å²) >= 11 is 0. The lowest BCUT2D eigenvalue weighted by Crippen LogP contribution is -2.44. The molecular weight excluding hydrogens is 240 g/mol. The van der Waals surface area contributed by atoms with Crippen molar-refractivity contribution in [1.82, 2.24) is 4.90 Å². The molecule has 1 aliphatic heterocycles. The number of likely N-dealkylation sites (N-methyl/N-ethyl adjacent to an activating group) is 1. The highest BCUT2D eigenvalue weighted by Crippen LogP contribution is 2.17. The summed E-state index contributed by atoms with van der Waals surface area (Å²) in [5.41, 5.74) is 1.40. The Morgan fingerprint density at radius 2 is 1.89 bits per heavy atom. The molecule has 19 heavy (non-hydrogen) atoms. The van der Waals surface area contributed by atoms with Gasteiger partial charge in [0.1, 0.15) is 0 Å². The Balaban J connectivity index is 2.00. The second-order valence-corrected chi connectivity index (χ2v) is 5.11. The van der Waals surface area contributed by atoms with Gasteiger partial charge in [-0.1, -0.05) is 6.42 Å². The van der Waals surface area contributed by atoms with Crippen LogP contribution in [0.1, 0.15) is 36.5 Å². The minimum Gasteiger partial charge on any atom is -0.325 e. The number of hydrogen-bond donors (Lipinski definition) is 1. The molecule has 0 aliphatic carbocycles. The number of nitrogens with zero attached hydrogens (tertiary/aromatic N) is 1. The van der Waals surface area contributed by atoms with E-state index in [0.717, 1.165) is 31.5 Å². The average molecular weight is 260 g/mol. The molecule has 1 aromatic carbocycles. The number of carbonyl (C=O) groups is 2. The maximum absolute atomic E-state index is 12.2. The molecule has 1 saturated heterocycles. The molecule has 0 saturated carbocycles. The van der Waals surface area contributed by atoms with Crippen LogP contribution < -0.4 is 5.32 Å². The van der Waals surface area contributed by atoms with Crippen LogP contribution in [0.4, 0.5) is 5.69 Å². The maximum Gasteiger partial charge on any atom is 0.241 e. The van der Waals surface area contributed by atoms with Crippen molar-refractivity contribution in [3.63, 3.8) is 0 Å². The normalized spacial score (nSPS) is 20.0. The Morgan fingerprint density at radius 3 is 2.47 bits per heavy atom. The molecule has 1 aliphatic rings. The van der Waals surface area contributed by atoms with Gasteiger partial charge in [0.25, 0.3) is 0 Å². The summed E-state index contributed by atoms with van der Waals surface area (Å²) in [4.78, 5) is 25.5. The van der Waals surface area contributed by atoms with Gasteiger partial charge in [0.05, 0.1) is 6.04 Å². The van der Waals surface area contributed by atoms with Crippen molar-refractivity contribution in [2.45, 2.75) is 32.2 Å². The summed E-state index contributed by atoms with van der Waals surface area (Å²) in [7, 11) is 1.99. The Morgan fingerprint density at radius 1 is 1.21 bits per heavy atom. The van der Waals surface area contributed by atoms with E-state index in [9.17, 15) is 9.59 Å². The van der Waals surface area contributed by atoms with Gasteiger partial charge >= 0.3 is 0 Å². The Bertz CT molecular complexity index is 468. The molecule has 0 bridgehead atoms. The molecule has 1 aromatic rings. The topological polar surface area (TPSA) is 49.4 Å². The van der Waals surface area contributed by atoms with Crippen LogP contribution in [0.5, 0.6) is 0 Å². The molecule has 0 aromatic heterocycles. The first-order valence-corrected chi connectivity index (χ1v) is 6.70. The molecule has 4 nitrogen and oxygen atoms in total. The number of carbonyl (C=O) groups excluding carboxylic acids is 2. The monoisotopic (exact) mass is 260 g/mol. The van der Waals surface area contributed by atoms with E-state index in [1.54, 1.807) is 24.3 Å². The van der Waals surface area contributed by atoms with Crippen LogP contribution in [0.25, 0.3) is 0 Å². The molecule has 102 valence electrons. The van der Waals surface area contributed by atoms with Gasteiger partial charge < -0.3 is 5.32 Å². The molecule has 1 fully saturated rings. The van der Waals surface area contributed by atoms with E-state index < -0.39 is 0 Å². The predicted octanol–water partition coefficient (Wildman–Crippen LogP) is 2.31. The Hall–Kier alpha value is -1.68. The second-order valence-electron chi connectivity index (χ2n) is 5.11. The van der Waals surface area contributed by atoms with Gasteiger partial charge in [-0.2, -0.15) is 0 Å². The molecule has 1 amide bonds. The van der Waals surface area contributed by atoms with Crippen LogP contribution in [0.2, 0.25) is 0 Å². The fourth-order valence-electron chi connectivity index (χ4n) is 2.42. The van der Waals surface area contributed by atoms with Crippen molar-refractivity contribution >= 4 is 17.4 Å². The average Bonchev–Trinajstić information content (AvgIpc) is 2.39. The smallest absolute Gasteiger partial charge is 0.241 e. The van der Waals surface area contributed by atoms with Gasteiger partial charge in [-0.15, -0.1) is 0 Å². The lowest BCUT2D eigenvalue weighted by molar-refractivity contribution is -0.121. The third kappa shape index (κ3) is 3.41. The number of likely N-dealkylation sites (tertiary alicyclic amines) is 1. The highest BCUT2D eigenvalue weighted by Gasteiger charge is 2.25. The van der Waals surface area contributed by atoms with Gasteiger partial charge in [0, 0.05) is 11.3 Å². The zero-order valence-corrected chi connectivity index (χ0v) is 11.5. The number of hydrogen-bond acceptors (Lipinski definition) is 3. The number of amides is 1. The van der Waals surface area contributed by atoms with Crippen LogP contribution in [0.3, 0.4) is 0 Å². The quantitative estimate of drug-likeness (QED) is 0.848. The van der Waals surface area contributed by atoms with Gasteiger partial charge in [-0.05, 0) is 57.6 Å². The van der Waals surface area contributed by atoms with Crippen molar-refractivity contribution in [3.05, 3.63) is 29.8 Å². The van der Waals surface area contributed by atoms with E-state index in [-0.39, 0.29) is 17.7 Å². The van der Waals surface area contributed by atoms with E-state index in [4.69, 9.17) is 0 Å². The number of benzene rings is 1. The van der Waals surface area contributed by atoms with E-state index in [1.165, 1.54) is 6.92 Å². The van der Waals surface area contributed by atoms with Crippen LogP contribution >= 0.6 is 0 Å². The van der Waals surface area contributed by atoms with Gasteiger partial charge in [0.2, 0.25) is 5.91 Å². The largest absolute Gasteiger partial charge is 0.325 e. The SMILES string of the molecule is CC(=O)c1ccc(NC(=O)C2CCCCN2C)cc1. The van der Waals surface area contributed by atoms with Crippen LogP contribution in [-0.2, 0) is 4.79 Å². The van der Waals surface area contributed by atoms with Crippen LogP contribution in [0.15, 0.2) is 24.3 Å². The zero-order chi connectivity index (χ0) is 13.8. The summed E-state index contributed by atoms with van der Waals surface area (Å²) in [6, 6.07) is 6.99. The van der Waals surface area contributed by atoms with E-state index in [0.29, 0.717) is 5.56 Å². The van der Waals surface area contributed by atoms with Crippen LogP contribution in [-0.4, -0.2) is 36.2 Å². The minimum atomic E-state index is -0.0405. The maximum atomic E-state index is 12.2. The predicted molar refractivity (Wildman–Crippen MR) is 75.3 cm³/mol. The molecule has 1 N–H and O–H groups in total. The molecule has 0 radical (unpaired) electrons. The number of rotatable bonds is 3. The van der Waals surface area contributed by atoms with E-state index in [2.05, 4.69) is 10.2 Å². The molecule has 1 heterocycles. The third-order valence-corrected chi connectivity index (χ3v) is 3.63. The second kappa shape index (κ2) is 5.97. The first-order valence-electron chi connectivity index (χ1n) is 6.70.